The number of fused-ring (bicyclic) bond motifs is 1. The summed E-state index contributed by atoms with van der Waals surface area (Å²) in [6.07, 6.45) is 5.67. The molecule has 2 fully saturated rings. The van der Waals surface area contributed by atoms with E-state index in [1.165, 1.54) is 30.5 Å². The summed E-state index contributed by atoms with van der Waals surface area (Å²) < 4.78 is 40.3. The molecule has 4 heterocycles. The number of hydrogen-bond donors (Lipinski definition) is 3. The van der Waals surface area contributed by atoms with Crippen LogP contribution in [0.25, 0.3) is 10.1 Å². The van der Waals surface area contributed by atoms with Gasteiger partial charge in [-0.05, 0) is 60.0 Å². The second-order valence-corrected chi connectivity index (χ2v) is 13.7. The fourth-order valence-corrected chi connectivity index (χ4v) is 7.18. The Morgan fingerprint density at radius 2 is 1.98 bits per heavy atom. The first-order valence-electron chi connectivity index (χ1n) is 14.2. The van der Waals surface area contributed by atoms with Crippen LogP contribution in [-0.2, 0) is 14.2 Å². The molecule has 10 nitrogen and oxygen atoms in total. The van der Waals surface area contributed by atoms with Crippen molar-refractivity contribution in [3.63, 3.8) is 0 Å². The van der Waals surface area contributed by atoms with Crippen LogP contribution in [-0.4, -0.2) is 74.0 Å². The Labute approximate surface area is 251 Å². The van der Waals surface area contributed by atoms with Crippen molar-refractivity contribution in [3.05, 3.63) is 64.5 Å². The summed E-state index contributed by atoms with van der Waals surface area (Å²) in [6, 6.07) is 5.68. The average molecular weight is 635 g/mol. The van der Waals surface area contributed by atoms with Gasteiger partial charge in [-0.15, -0.1) is 11.3 Å². The molecule has 0 bridgehead atoms. The van der Waals surface area contributed by atoms with Crippen LogP contribution in [0.4, 0.5) is 8.78 Å². The van der Waals surface area contributed by atoms with Gasteiger partial charge in [0.2, 0.25) is 17.7 Å². The highest BCUT2D eigenvalue weighted by molar-refractivity contribution is 7.51. The van der Waals surface area contributed by atoms with E-state index in [1.807, 2.05) is 6.92 Å². The lowest BCUT2D eigenvalue weighted by atomic mass is 9.91. The van der Waals surface area contributed by atoms with Crippen LogP contribution in [0.3, 0.4) is 0 Å². The number of amides is 3. The molecule has 5 rings (SSSR count). The Morgan fingerprint density at radius 1 is 1.21 bits per heavy atom. The van der Waals surface area contributed by atoms with Crippen LogP contribution in [0.5, 0.6) is 0 Å². The zero-order chi connectivity index (χ0) is 30.9. The van der Waals surface area contributed by atoms with Crippen molar-refractivity contribution in [3.8, 4) is 0 Å². The van der Waals surface area contributed by atoms with Gasteiger partial charge in [-0.25, -0.2) is 8.78 Å². The molecule has 3 N–H and O–H groups in total. The van der Waals surface area contributed by atoms with Gasteiger partial charge >= 0.3 is 7.60 Å². The average Bonchev–Trinajstić information content (AvgIpc) is 3.61. The summed E-state index contributed by atoms with van der Waals surface area (Å²) in [7, 11) is -4.99. The van der Waals surface area contributed by atoms with Crippen molar-refractivity contribution in [2.45, 2.75) is 62.9 Å². The van der Waals surface area contributed by atoms with Crippen molar-refractivity contribution < 1.29 is 37.5 Å². The van der Waals surface area contributed by atoms with Crippen LogP contribution >= 0.6 is 18.9 Å². The number of alkyl halides is 1. The number of benzene rings is 1. The molecule has 2 saturated heterocycles. The Bertz CT molecular complexity index is 1580. The van der Waals surface area contributed by atoms with Crippen molar-refractivity contribution >= 4 is 46.7 Å². The van der Waals surface area contributed by atoms with Crippen LogP contribution in [0.2, 0.25) is 0 Å². The molecule has 2 aromatic heterocycles. The molecule has 0 spiro atoms. The summed E-state index contributed by atoms with van der Waals surface area (Å²) in [5, 5.41) is 3.28. The van der Waals surface area contributed by atoms with Gasteiger partial charge in [0.1, 0.15) is 17.9 Å². The number of aromatic nitrogens is 1. The zero-order valence-electron chi connectivity index (χ0n) is 23.5. The number of carbonyl (C=O) groups is 3. The third kappa shape index (κ3) is 6.64. The van der Waals surface area contributed by atoms with Gasteiger partial charge in [0.15, 0.2) is 0 Å². The van der Waals surface area contributed by atoms with E-state index in [0.717, 1.165) is 24.0 Å². The zero-order valence-corrected chi connectivity index (χ0v) is 25.2. The van der Waals surface area contributed by atoms with Crippen LogP contribution in [0.1, 0.15) is 71.7 Å². The van der Waals surface area contributed by atoms with E-state index in [0.29, 0.717) is 61.0 Å². The summed E-state index contributed by atoms with van der Waals surface area (Å²) in [4.78, 5) is 66.0. The molecule has 2 aliphatic heterocycles. The molecule has 3 atom stereocenters. The van der Waals surface area contributed by atoms with Crippen molar-refractivity contribution in [2.24, 2.45) is 0 Å². The number of halogens is 2. The fourth-order valence-electron chi connectivity index (χ4n) is 5.68. The highest BCUT2D eigenvalue weighted by Crippen LogP contribution is 2.53. The van der Waals surface area contributed by atoms with Gasteiger partial charge < -0.3 is 24.9 Å². The Balaban J connectivity index is 1.27. The highest BCUT2D eigenvalue weighted by Gasteiger charge is 2.43. The first-order chi connectivity index (χ1) is 20.5. The first kappa shape index (κ1) is 31.2. The van der Waals surface area contributed by atoms with E-state index in [9.17, 15) is 37.5 Å². The van der Waals surface area contributed by atoms with Gasteiger partial charge in [0.05, 0.1) is 11.1 Å². The number of hydrogen-bond acceptors (Lipinski definition) is 6. The van der Waals surface area contributed by atoms with E-state index in [-0.39, 0.29) is 28.2 Å². The summed E-state index contributed by atoms with van der Waals surface area (Å²) in [5.74, 6) is -4.02. The number of carbonyl (C=O) groups excluding carboxylic acids is 3. The normalized spacial score (nSPS) is 18.9. The van der Waals surface area contributed by atoms with Gasteiger partial charge in [-0.2, -0.15) is 0 Å². The fraction of sp³-hybridized carbons (Fsp3) is 0.448. The van der Waals surface area contributed by atoms with Gasteiger partial charge in [0, 0.05) is 36.4 Å². The van der Waals surface area contributed by atoms with E-state index < -0.39 is 37.3 Å². The smallest absolute Gasteiger partial charge is 0.340 e. The molecule has 0 aliphatic carbocycles. The minimum atomic E-state index is -4.99. The lowest BCUT2D eigenvalue weighted by molar-refractivity contribution is -0.147. The number of nitrogens with zero attached hydrogens (tertiary/aromatic N) is 3. The lowest BCUT2D eigenvalue weighted by Gasteiger charge is -2.42. The van der Waals surface area contributed by atoms with Gasteiger partial charge in [-0.1, -0.05) is 25.8 Å². The molecule has 1 aromatic carbocycles. The summed E-state index contributed by atoms with van der Waals surface area (Å²) >= 11 is 1.12. The summed E-state index contributed by atoms with van der Waals surface area (Å²) in [6.45, 7) is 3.08. The summed E-state index contributed by atoms with van der Waals surface area (Å²) in [5.41, 5.74) is 0.329. The largest absolute Gasteiger partial charge is 0.363 e. The topological polar surface area (TPSA) is 140 Å². The standard InChI is InChI=1S/C29H33F2N4O6PS/c1-2-3-5-22(33-27(36)25-13-18-12-17(7-8-24(18)43-25)26(31)42(39,40)41)28(37)35-11-4-6-23(35)29(38)34-15-19(16-34)20-9-10-32-14-21(20)30/h7-10,12-14,19,22-23,26H,2-6,11,15-16H2,1H3,(H,33,36)(H2,39,40,41)/t22-,23-,26?/m0/s1. The van der Waals surface area contributed by atoms with E-state index in [2.05, 4.69) is 10.3 Å². The molecule has 1 unspecified atom stereocenters. The Morgan fingerprint density at radius 3 is 2.67 bits per heavy atom. The predicted octanol–water partition coefficient (Wildman–Crippen LogP) is 4.49. The number of thiophene rings is 1. The Hall–Kier alpha value is -3.25. The molecule has 0 saturated carbocycles. The van der Waals surface area contributed by atoms with Crippen molar-refractivity contribution in [2.75, 3.05) is 19.6 Å². The number of unbranched alkanes of at least 4 members (excludes halogenated alkanes) is 1. The number of pyridine rings is 1. The molecule has 43 heavy (non-hydrogen) atoms. The maximum atomic E-state index is 14.2. The molecule has 3 aromatic rings. The van der Waals surface area contributed by atoms with Crippen LogP contribution in [0, 0.1) is 5.82 Å². The highest BCUT2D eigenvalue weighted by atomic mass is 32.1. The molecule has 14 heteroatoms. The third-order valence-corrected chi connectivity index (χ3v) is 10.0. The van der Waals surface area contributed by atoms with E-state index >= 15 is 0 Å². The predicted molar refractivity (Wildman–Crippen MR) is 157 cm³/mol. The van der Waals surface area contributed by atoms with E-state index in [4.69, 9.17) is 0 Å². The van der Waals surface area contributed by atoms with Crippen LogP contribution in [0.15, 0.2) is 42.7 Å². The van der Waals surface area contributed by atoms with Gasteiger partial charge in [0.25, 0.3) is 5.91 Å². The number of likely N-dealkylation sites (tertiary alicyclic amines) is 2. The second kappa shape index (κ2) is 12.8. The number of nitrogens with one attached hydrogen (secondary N) is 1. The molecule has 230 valence electrons. The molecule has 2 aliphatic rings. The van der Waals surface area contributed by atoms with Crippen LogP contribution < -0.4 is 5.32 Å². The Kier molecular flexibility index (Phi) is 9.26. The molecular formula is C29H33F2N4O6PS. The minimum absolute atomic E-state index is 0.126. The SMILES string of the molecule is CCCC[C@H](NC(=O)c1cc2cc(C(F)P(=O)(O)O)ccc2s1)C(=O)N1CCC[C@H]1C(=O)N1CC(c2ccncc2F)C1. The molecular weight excluding hydrogens is 601 g/mol. The lowest BCUT2D eigenvalue weighted by Crippen LogP contribution is -2.58. The van der Waals surface area contributed by atoms with Gasteiger partial charge in [-0.3, -0.25) is 23.9 Å². The van der Waals surface area contributed by atoms with E-state index in [1.54, 1.807) is 15.9 Å². The first-order valence-corrected chi connectivity index (χ1v) is 16.7. The monoisotopic (exact) mass is 634 g/mol. The third-order valence-electron chi connectivity index (χ3n) is 8.04. The van der Waals surface area contributed by atoms with Crippen molar-refractivity contribution in [1.82, 2.24) is 20.1 Å². The molecule has 0 radical (unpaired) electrons. The maximum absolute atomic E-state index is 14.2. The second-order valence-electron chi connectivity index (χ2n) is 11.0. The minimum Gasteiger partial charge on any atom is -0.340 e. The van der Waals surface area contributed by atoms with Crippen molar-refractivity contribution in [1.29, 1.82) is 0 Å². The molecule has 3 amide bonds. The number of rotatable bonds is 10. The maximum Gasteiger partial charge on any atom is 0.363 e. The quantitative estimate of drug-likeness (QED) is 0.279.